The number of halogens is 1. The lowest BCUT2D eigenvalue weighted by Crippen LogP contribution is -1.98. The number of nitrogens with two attached hydrogens (primary N) is 1. The number of nitrogens with zero attached hydrogens (tertiary/aromatic N) is 2. The normalized spacial score (nSPS) is 10.3. The van der Waals surface area contributed by atoms with Gasteiger partial charge in [-0.3, -0.25) is 0 Å². The molecule has 0 aliphatic carbocycles. The van der Waals surface area contributed by atoms with Gasteiger partial charge in [-0.1, -0.05) is 6.92 Å². The van der Waals surface area contributed by atoms with E-state index < -0.39 is 0 Å². The molecule has 1 aromatic heterocycles. The van der Waals surface area contributed by atoms with Gasteiger partial charge in [-0.15, -0.1) is 0 Å². The van der Waals surface area contributed by atoms with Gasteiger partial charge in [0, 0.05) is 11.8 Å². The van der Waals surface area contributed by atoms with Gasteiger partial charge in [0.1, 0.15) is 11.6 Å². The Labute approximate surface area is 120 Å². The highest BCUT2D eigenvalue weighted by atomic mass is 127. The fourth-order valence-electron chi connectivity index (χ4n) is 1.44. The van der Waals surface area contributed by atoms with Crippen molar-refractivity contribution in [1.29, 1.82) is 0 Å². The van der Waals surface area contributed by atoms with Gasteiger partial charge >= 0.3 is 0 Å². The molecule has 4 nitrogen and oxygen atoms in total. The third-order valence-corrected chi connectivity index (χ3v) is 3.19. The van der Waals surface area contributed by atoms with Gasteiger partial charge in [0.15, 0.2) is 5.82 Å². The molecule has 0 bridgehead atoms. The Bertz CT molecular complexity index is 528. The first-order valence-electron chi connectivity index (χ1n) is 5.72. The Morgan fingerprint density at radius 2 is 2.00 bits per heavy atom. The summed E-state index contributed by atoms with van der Waals surface area (Å²) >= 11 is 2.11. The van der Waals surface area contributed by atoms with Crippen LogP contribution >= 0.6 is 22.6 Å². The van der Waals surface area contributed by atoms with E-state index in [1.54, 1.807) is 6.20 Å². The zero-order chi connectivity index (χ0) is 13.0. The van der Waals surface area contributed by atoms with E-state index in [-0.39, 0.29) is 0 Å². The summed E-state index contributed by atoms with van der Waals surface area (Å²) in [6, 6.07) is 7.71. The third kappa shape index (κ3) is 3.10. The molecule has 2 N–H and O–H groups in total. The summed E-state index contributed by atoms with van der Waals surface area (Å²) in [5.41, 5.74) is 6.70. The molecule has 0 radical (unpaired) electrons. The lowest BCUT2D eigenvalue weighted by Gasteiger charge is -2.06. The van der Waals surface area contributed by atoms with Gasteiger partial charge in [-0.2, -0.15) is 0 Å². The molecule has 5 heteroatoms. The number of rotatable bonds is 4. The van der Waals surface area contributed by atoms with E-state index in [0.717, 1.165) is 27.9 Å². The van der Waals surface area contributed by atoms with Crippen molar-refractivity contribution in [3.63, 3.8) is 0 Å². The molecule has 1 aromatic carbocycles. The van der Waals surface area contributed by atoms with E-state index in [1.807, 2.05) is 24.3 Å². The van der Waals surface area contributed by atoms with Gasteiger partial charge in [-0.05, 0) is 53.3 Å². The van der Waals surface area contributed by atoms with Gasteiger partial charge < -0.3 is 10.5 Å². The first-order valence-corrected chi connectivity index (χ1v) is 6.80. The maximum Gasteiger partial charge on any atom is 0.161 e. The highest BCUT2D eigenvalue weighted by Gasteiger charge is 2.04. The van der Waals surface area contributed by atoms with Crippen LogP contribution in [0.25, 0.3) is 11.4 Å². The van der Waals surface area contributed by atoms with Crippen molar-refractivity contribution in [2.75, 3.05) is 12.3 Å². The molecule has 0 fully saturated rings. The predicted octanol–water partition coefficient (Wildman–Crippen LogP) is 3.12. The minimum absolute atomic E-state index is 0.506. The Morgan fingerprint density at radius 1 is 1.28 bits per heavy atom. The van der Waals surface area contributed by atoms with Gasteiger partial charge in [0.2, 0.25) is 0 Å². The largest absolute Gasteiger partial charge is 0.494 e. The van der Waals surface area contributed by atoms with Crippen molar-refractivity contribution in [3.8, 4) is 17.1 Å². The summed E-state index contributed by atoms with van der Waals surface area (Å²) in [6.45, 7) is 2.81. The van der Waals surface area contributed by atoms with Gasteiger partial charge in [0.05, 0.1) is 10.2 Å². The topological polar surface area (TPSA) is 61.0 Å². The Hall–Kier alpha value is -1.37. The molecule has 0 aliphatic rings. The van der Waals surface area contributed by atoms with Crippen LogP contribution in [0.2, 0.25) is 0 Å². The van der Waals surface area contributed by atoms with E-state index in [2.05, 4.69) is 39.5 Å². The van der Waals surface area contributed by atoms with Crippen molar-refractivity contribution >= 4 is 28.4 Å². The molecule has 0 saturated carbocycles. The quantitative estimate of drug-likeness (QED) is 0.857. The zero-order valence-electron chi connectivity index (χ0n) is 10.1. The minimum Gasteiger partial charge on any atom is -0.494 e. The molecule has 1 heterocycles. The monoisotopic (exact) mass is 355 g/mol. The minimum atomic E-state index is 0.506. The molecule has 0 spiro atoms. The second kappa shape index (κ2) is 5.99. The standard InChI is InChI=1S/C13H14IN3O/c1-2-7-18-10-5-3-9(4-6-10)13-16-8-11(14)12(15)17-13/h3-6,8H,2,7H2,1H3,(H2,15,16,17). The number of hydrogen-bond donors (Lipinski definition) is 1. The first kappa shape index (κ1) is 13.1. The van der Waals surface area contributed by atoms with Gasteiger partial charge in [0.25, 0.3) is 0 Å². The molecule has 0 aliphatic heterocycles. The van der Waals surface area contributed by atoms with Crippen LogP contribution < -0.4 is 10.5 Å². The van der Waals surface area contributed by atoms with Crippen molar-refractivity contribution in [3.05, 3.63) is 34.0 Å². The van der Waals surface area contributed by atoms with Crippen LogP contribution in [-0.2, 0) is 0 Å². The summed E-state index contributed by atoms with van der Waals surface area (Å²) in [5, 5.41) is 0. The fraction of sp³-hybridized carbons (Fsp3) is 0.231. The summed E-state index contributed by atoms with van der Waals surface area (Å²) in [5.74, 6) is 2.00. The lowest BCUT2D eigenvalue weighted by molar-refractivity contribution is 0.317. The molecular weight excluding hydrogens is 341 g/mol. The Balaban J connectivity index is 2.20. The predicted molar refractivity (Wildman–Crippen MR) is 80.4 cm³/mol. The van der Waals surface area contributed by atoms with Crippen LogP contribution in [0.15, 0.2) is 30.5 Å². The highest BCUT2D eigenvalue weighted by Crippen LogP contribution is 2.21. The molecule has 94 valence electrons. The van der Waals surface area contributed by atoms with E-state index in [1.165, 1.54) is 0 Å². The second-order valence-electron chi connectivity index (χ2n) is 3.80. The SMILES string of the molecule is CCCOc1ccc(-c2ncc(I)c(N)n2)cc1. The maximum atomic E-state index is 5.77. The van der Waals surface area contributed by atoms with Crippen molar-refractivity contribution < 1.29 is 4.74 Å². The van der Waals surface area contributed by atoms with Crippen molar-refractivity contribution in [2.45, 2.75) is 13.3 Å². The smallest absolute Gasteiger partial charge is 0.161 e. The van der Waals surface area contributed by atoms with Crippen LogP contribution in [0.1, 0.15) is 13.3 Å². The molecule has 0 saturated heterocycles. The van der Waals surface area contributed by atoms with Crippen molar-refractivity contribution in [2.24, 2.45) is 0 Å². The van der Waals surface area contributed by atoms with Crippen LogP contribution in [0.5, 0.6) is 5.75 Å². The number of benzene rings is 1. The number of anilines is 1. The second-order valence-corrected chi connectivity index (χ2v) is 4.96. The molecule has 0 unspecified atom stereocenters. The summed E-state index contributed by atoms with van der Waals surface area (Å²) in [7, 11) is 0. The molecule has 0 amide bonds. The number of ether oxygens (including phenoxy) is 1. The van der Waals surface area contributed by atoms with Crippen LogP contribution in [0.4, 0.5) is 5.82 Å². The number of hydrogen-bond acceptors (Lipinski definition) is 4. The van der Waals surface area contributed by atoms with Crippen molar-refractivity contribution in [1.82, 2.24) is 9.97 Å². The Kier molecular flexibility index (Phi) is 4.35. The molecule has 18 heavy (non-hydrogen) atoms. The van der Waals surface area contributed by atoms with Crippen LogP contribution in [0, 0.1) is 3.57 Å². The third-order valence-electron chi connectivity index (χ3n) is 2.36. The maximum absolute atomic E-state index is 5.77. The van der Waals surface area contributed by atoms with Crippen LogP contribution in [0.3, 0.4) is 0 Å². The molecular formula is C13H14IN3O. The van der Waals surface area contributed by atoms with E-state index in [4.69, 9.17) is 10.5 Å². The van der Waals surface area contributed by atoms with Crippen LogP contribution in [-0.4, -0.2) is 16.6 Å². The average Bonchev–Trinajstić information content (AvgIpc) is 2.40. The lowest BCUT2D eigenvalue weighted by atomic mass is 10.2. The van der Waals surface area contributed by atoms with E-state index in [0.29, 0.717) is 11.6 Å². The number of aromatic nitrogens is 2. The summed E-state index contributed by atoms with van der Waals surface area (Å²) in [4.78, 5) is 8.51. The fourth-order valence-corrected chi connectivity index (χ4v) is 1.70. The highest BCUT2D eigenvalue weighted by molar-refractivity contribution is 14.1. The first-order chi connectivity index (χ1) is 8.70. The zero-order valence-corrected chi connectivity index (χ0v) is 12.2. The number of nitrogen functional groups attached to an aromatic ring is 1. The van der Waals surface area contributed by atoms with E-state index >= 15 is 0 Å². The molecule has 2 rings (SSSR count). The average molecular weight is 355 g/mol. The molecule has 2 aromatic rings. The van der Waals surface area contributed by atoms with Gasteiger partial charge in [-0.25, -0.2) is 9.97 Å². The molecule has 0 atom stereocenters. The Morgan fingerprint density at radius 3 is 2.61 bits per heavy atom. The van der Waals surface area contributed by atoms with E-state index in [9.17, 15) is 0 Å². The summed E-state index contributed by atoms with van der Waals surface area (Å²) in [6.07, 6.45) is 2.72. The summed E-state index contributed by atoms with van der Waals surface area (Å²) < 4.78 is 6.38.